The van der Waals surface area contributed by atoms with Crippen LogP contribution < -0.4 is 4.90 Å². The minimum atomic E-state index is 1.10. The maximum Gasteiger partial charge on any atom is 0.0462 e. The van der Waals surface area contributed by atoms with E-state index in [1.807, 2.05) is 0 Å². The molecule has 0 N–H and O–H groups in total. The first-order valence-electron chi connectivity index (χ1n) is 20.9. The van der Waals surface area contributed by atoms with Crippen LogP contribution in [0.15, 0.2) is 261 Å². The molecule has 10 aromatic carbocycles. The van der Waals surface area contributed by atoms with Crippen molar-refractivity contribution in [2.45, 2.75) is 0 Å². The Bertz CT molecular complexity index is 2980. The van der Waals surface area contributed by atoms with E-state index >= 15 is 0 Å². The first kappa shape index (κ1) is 37.3. The third kappa shape index (κ3) is 7.81. The maximum absolute atomic E-state index is 2.40. The Kier molecular flexibility index (Phi) is 10.4. The summed E-state index contributed by atoms with van der Waals surface area (Å²) in [7, 11) is 0. The van der Waals surface area contributed by atoms with E-state index in [2.05, 4.69) is 266 Å². The van der Waals surface area contributed by atoms with Gasteiger partial charge in [0, 0.05) is 17.1 Å². The standard InChI is InChI=1S/C60H43N/c1-7-19-44(20-8-1)49-33-38-56(46-23-11-3-12-24-46)59(41-49)51-35-40-57(47-25-13-4-14-26-47)60(43-51)50-34-39-55(45-21-9-2-10-22-45)58(42-50)48-31-36-54(37-32-48)61(52-27-15-5-16-28-52)53-29-17-6-18-30-53/h1-43H. The number of rotatable bonds is 10. The van der Waals surface area contributed by atoms with Crippen molar-refractivity contribution >= 4 is 17.1 Å². The highest BCUT2D eigenvalue weighted by molar-refractivity contribution is 5.95. The zero-order valence-electron chi connectivity index (χ0n) is 33.8. The summed E-state index contributed by atoms with van der Waals surface area (Å²) in [4.78, 5) is 2.31. The number of anilines is 3. The van der Waals surface area contributed by atoms with Crippen molar-refractivity contribution in [1.29, 1.82) is 0 Å². The lowest BCUT2D eigenvalue weighted by molar-refractivity contribution is 1.28. The number of benzene rings is 10. The summed E-state index contributed by atoms with van der Waals surface area (Å²) in [6, 6.07) is 94.1. The third-order valence-corrected chi connectivity index (χ3v) is 11.5. The van der Waals surface area contributed by atoms with Gasteiger partial charge in [0.2, 0.25) is 0 Å². The lowest BCUT2D eigenvalue weighted by Crippen LogP contribution is -2.09. The van der Waals surface area contributed by atoms with E-state index in [1.165, 1.54) is 66.8 Å². The lowest BCUT2D eigenvalue weighted by atomic mass is 9.85. The summed E-state index contributed by atoms with van der Waals surface area (Å²) in [5.74, 6) is 0. The molecule has 288 valence electrons. The Hall–Kier alpha value is -8.00. The monoisotopic (exact) mass is 777 g/mol. The highest BCUT2D eigenvalue weighted by Gasteiger charge is 2.18. The molecule has 0 unspecified atom stereocenters. The van der Waals surface area contributed by atoms with Crippen molar-refractivity contribution in [1.82, 2.24) is 0 Å². The highest BCUT2D eigenvalue weighted by atomic mass is 15.1. The number of para-hydroxylation sites is 2. The van der Waals surface area contributed by atoms with E-state index in [0.29, 0.717) is 0 Å². The molecule has 1 nitrogen and oxygen atoms in total. The topological polar surface area (TPSA) is 3.24 Å². The summed E-state index contributed by atoms with van der Waals surface area (Å²) in [5, 5.41) is 0. The fraction of sp³-hybridized carbons (Fsp3) is 0. The maximum atomic E-state index is 2.40. The summed E-state index contributed by atoms with van der Waals surface area (Å²) in [6.07, 6.45) is 0. The van der Waals surface area contributed by atoms with Gasteiger partial charge in [0.05, 0.1) is 0 Å². The van der Waals surface area contributed by atoms with Crippen molar-refractivity contribution in [3.05, 3.63) is 261 Å². The van der Waals surface area contributed by atoms with Gasteiger partial charge in [-0.2, -0.15) is 0 Å². The van der Waals surface area contributed by atoms with Crippen LogP contribution >= 0.6 is 0 Å². The summed E-state index contributed by atoms with van der Waals surface area (Å²) < 4.78 is 0. The van der Waals surface area contributed by atoms with Gasteiger partial charge in [0.25, 0.3) is 0 Å². The van der Waals surface area contributed by atoms with Gasteiger partial charge in [-0.15, -0.1) is 0 Å². The Morgan fingerprint density at radius 2 is 0.426 bits per heavy atom. The Morgan fingerprint density at radius 3 is 0.820 bits per heavy atom. The Morgan fingerprint density at radius 1 is 0.164 bits per heavy atom. The molecule has 0 heterocycles. The summed E-state index contributed by atoms with van der Waals surface area (Å²) in [6.45, 7) is 0. The zero-order chi connectivity index (χ0) is 40.8. The Balaban J connectivity index is 1.15. The van der Waals surface area contributed by atoms with Gasteiger partial charge in [-0.3, -0.25) is 0 Å². The second-order valence-electron chi connectivity index (χ2n) is 15.3. The minimum Gasteiger partial charge on any atom is -0.311 e. The van der Waals surface area contributed by atoms with E-state index in [1.54, 1.807) is 0 Å². The number of hydrogen-bond donors (Lipinski definition) is 0. The molecule has 0 radical (unpaired) electrons. The molecule has 10 rings (SSSR count). The smallest absolute Gasteiger partial charge is 0.0462 e. The SMILES string of the molecule is c1ccc(-c2ccc(-c3ccccc3)c(-c3ccc(-c4ccccc4)c(-c4ccc(-c5ccccc5)c(-c5ccc(N(c6ccccc6)c6ccccc6)cc5)c4)c3)c2)cc1. The third-order valence-electron chi connectivity index (χ3n) is 11.5. The zero-order valence-corrected chi connectivity index (χ0v) is 33.8. The molecule has 1 heteroatoms. The largest absolute Gasteiger partial charge is 0.311 e. The van der Waals surface area contributed by atoms with Crippen molar-refractivity contribution in [3.8, 4) is 77.9 Å². The molecule has 0 aromatic heterocycles. The minimum absolute atomic E-state index is 1.10. The van der Waals surface area contributed by atoms with Gasteiger partial charge in [0.1, 0.15) is 0 Å². The van der Waals surface area contributed by atoms with Crippen LogP contribution in [0.2, 0.25) is 0 Å². The second-order valence-corrected chi connectivity index (χ2v) is 15.3. The fourth-order valence-corrected chi connectivity index (χ4v) is 8.49. The molecule has 61 heavy (non-hydrogen) atoms. The molecular formula is C60H43N. The molecule has 0 aliphatic carbocycles. The van der Waals surface area contributed by atoms with Crippen LogP contribution in [0.3, 0.4) is 0 Å². The molecule has 0 amide bonds. The molecule has 0 saturated heterocycles. The predicted octanol–water partition coefficient (Wildman–Crippen LogP) is 16.8. The van der Waals surface area contributed by atoms with Crippen molar-refractivity contribution in [2.75, 3.05) is 4.90 Å². The summed E-state index contributed by atoms with van der Waals surface area (Å²) in [5.41, 5.74) is 20.0. The van der Waals surface area contributed by atoms with Gasteiger partial charge in [0.15, 0.2) is 0 Å². The van der Waals surface area contributed by atoms with Gasteiger partial charge in [-0.1, -0.05) is 206 Å². The summed E-state index contributed by atoms with van der Waals surface area (Å²) >= 11 is 0. The van der Waals surface area contributed by atoms with E-state index in [4.69, 9.17) is 0 Å². The van der Waals surface area contributed by atoms with Crippen LogP contribution in [-0.4, -0.2) is 0 Å². The van der Waals surface area contributed by atoms with Crippen LogP contribution in [0.4, 0.5) is 17.1 Å². The molecule has 0 saturated carbocycles. The first-order chi connectivity index (χ1) is 30.3. The number of hydrogen-bond acceptors (Lipinski definition) is 1. The first-order valence-corrected chi connectivity index (χ1v) is 20.9. The number of nitrogens with zero attached hydrogens (tertiary/aromatic N) is 1. The molecular weight excluding hydrogens is 735 g/mol. The normalized spacial score (nSPS) is 11.0. The highest BCUT2D eigenvalue weighted by Crippen LogP contribution is 2.44. The van der Waals surface area contributed by atoms with Gasteiger partial charge < -0.3 is 4.90 Å². The van der Waals surface area contributed by atoms with Crippen LogP contribution in [0.25, 0.3) is 77.9 Å². The van der Waals surface area contributed by atoms with E-state index in [-0.39, 0.29) is 0 Å². The quantitative estimate of drug-likeness (QED) is 0.134. The van der Waals surface area contributed by atoms with E-state index in [9.17, 15) is 0 Å². The molecule has 0 fully saturated rings. The van der Waals surface area contributed by atoms with Crippen LogP contribution in [-0.2, 0) is 0 Å². The van der Waals surface area contributed by atoms with Gasteiger partial charge in [-0.05, 0) is 132 Å². The molecule has 0 atom stereocenters. The van der Waals surface area contributed by atoms with Gasteiger partial charge in [-0.25, -0.2) is 0 Å². The molecule has 0 aliphatic heterocycles. The van der Waals surface area contributed by atoms with E-state index in [0.717, 1.165) is 28.2 Å². The molecule has 0 bridgehead atoms. The van der Waals surface area contributed by atoms with Gasteiger partial charge >= 0.3 is 0 Å². The van der Waals surface area contributed by atoms with E-state index < -0.39 is 0 Å². The lowest BCUT2D eigenvalue weighted by Gasteiger charge is -2.25. The predicted molar refractivity (Wildman–Crippen MR) is 259 cm³/mol. The van der Waals surface area contributed by atoms with Crippen LogP contribution in [0.1, 0.15) is 0 Å². The second kappa shape index (κ2) is 17.1. The molecule has 10 aromatic rings. The van der Waals surface area contributed by atoms with Crippen molar-refractivity contribution in [2.24, 2.45) is 0 Å². The average Bonchev–Trinajstić information content (AvgIpc) is 3.35. The fourth-order valence-electron chi connectivity index (χ4n) is 8.49. The average molecular weight is 778 g/mol. The van der Waals surface area contributed by atoms with Crippen LogP contribution in [0, 0.1) is 0 Å². The Labute approximate surface area is 359 Å². The van der Waals surface area contributed by atoms with Crippen molar-refractivity contribution < 1.29 is 0 Å². The van der Waals surface area contributed by atoms with Crippen molar-refractivity contribution in [3.63, 3.8) is 0 Å². The molecule has 0 spiro atoms. The van der Waals surface area contributed by atoms with Crippen LogP contribution in [0.5, 0.6) is 0 Å². The molecule has 0 aliphatic rings.